The van der Waals surface area contributed by atoms with E-state index in [0.717, 1.165) is 19.4 Å². The standard InChI is InChI=1S/C14H29NO2/c1-4-6-7-8-9-10-12-15-14(3,11-5-2)13(16)17/h15H,4-12H2,1-3H3,(H,16,17). The smallest absolute Gasteiger partial charge is 0.323 e. The van der Waals surface area contributed by atoms with Crippen molar-refractivity contribution < 1.29 is 9.90 Å². The summed E-state index contributed by atoms with van der Waals surface area (Å²) < 4.78 is 0. The number of hydrogen-bond donors (Lipinski definition) is 2. The summed E-state index contributed by atoms with van der Waals surface area (Å²) in [5.41, 5.74) is -0.738. The third-order valence-corrected chi connectivity index (χ3v) is 3.27. The highest BCUT2D eigenvalue weighted by molar-refractivity contribution is 5.78. The zero-order valence-corrected chi connectivity index (χ0v) is 11.7. The van der Waals surface area contributed by atoms with Crippen molar-refractivity contribution >= 4 is 5.97 Å². The Kier molecular flexibility index (Phi) is 9.14. The van der Waals surface area contributed by atoms with Gasteiger partial charge in [-0.1, -0.05) is 52.4 Å². The number of unbranched alkanes of at least 4 members (excludes halogenated alkanes) is 5. The lowest BCUT2D eigenvalue weighted by Crippen LogP contribution is -2.49. The van der Waals surface area contributed by atoms with Gasteiger partial charge in [0.15, 0.2) is 0 Å². The number of carboxylic acids is 1. The Morgan fingerprint density at radius 1 is 1.06 bits per heavy atom. The topological polar surface area (TPSA) is 49.3 Å². The Balaban J connectivity index is 3.65. The van der Waals surface area contributed by atoms with Crippen LogP contribution in [0.25, 0.3) is 0 Å². The molecule has 17 heavy (non-hydrogen) atoms. The van der Waals surface area contributed by atoms with Gasteiger partial charge in [0.1, 0.15) is 5.54 Å². The van der Waals surface area contributed by atoms with Crippen LogP contribution in [0.2, 0.25) is 0 Å². The summed E-state index contributed by atoms with van der Waals surface area (Å²) in [6.07, 6.45) is 9.03. The summed E-state index contributed by atoms with van der Waals surface area (Å²) >= 11 is 0. The quantitative estimate of drug-likeness (QED) is 0.545. The minimum absolute atomic E-state index is 0.693. The fraction of sp³-hybridized carbons (Fsp3) is 0.929. The predicted octanol–water partition coefficient (Wildman–Crippen LogP) is 3.58. The summed E-state index contributed by atoms with van der Waals surface area (Å²) in [4.78, 5) is 11.2. The van der Waals surface area contributed by atoms with Gasteiger partial charge in [0.25, 0.3) is 0 Å². The zero-order chi connectivity index (χ0) is 13.1. The molecular formula is C14H29NO2. The summed E-state index contributed by atoms with van der Waals surface area (Å²) in [5.74, 6) is -0.731. The molecule has 1 atom stereocenters. The van der Waals surface area contributed by atoms with Gasteiger partial charge < -0.3 is 10.4 Å². The van der Waals surface area contributed by atoms with Crippen LogP contribution in [0.1, 0.15) is 72.1 Å². The van der Waals surface area contributed by atoms with E-state index in [-0.39, 0.29) is 0 Å². The Labute approximate surface area is 106 Å². The van der Waals surface area contributed by atoms with E-state index >= 15 is 0 Å². The predicted molar refractivity (Wildman–Crippen MR) is 72.3 cm³/mol. The van der Waals surface area contributed by atoms with E-state index in [1.807, 2.05) is 6.92 Å². The summed E-state index contributed by atoms with van der Waals surface area (Å²) in [6, 6.07) is 0. The maximum Gasteiger partial charge on any atom is 0.323 e. The van der Waals surface area contributed by atoms with E-state index in [4.69, 9.17) is 0 Å². The first-order chi connectivity index (χ1) is 8.06. The van der Waals surface area contributed by atoms with Crippen molar-refractivity contribution in [1.29, 1.82) is 0 Å². The van der Waals surface area contributed by atoms with Crippen LogP contribution in [0, 0.1) is 0 Å². The lowest BCUT2D eigenvalue weighted by molar-refractivity contribution is -0.144. The molecule has 0 heterocycles. The van der Waals surface area contributed by atoms with Crippen molar-refractivity contribution in [3.8, 4) is 0 Å². The molecule has 0 fully saturated rings. The number of hydrogen-bond acceptors (Lipinski definition) is 2. The Morgan fingerprint density at radius 2 is 1.65 bits per heavy atom. The first-order valence-corrected chi connectivity index (χ1v) is 7.05. The maximum absolute atomic E-state index is 11.2. The highest BCUT2D eigenvalue weighted by atomic mass is 16.4. The van der Waals surface area contributed by atoms with Crippen molar-refractivity contribution in [2.45, 2.75) is 77.7 Å². The van der Waals surface area contributed by atoms with Crippen LogP contribution >= 0.6 is 0 Å². The van der Waals surface area contributed by atoms with Gasteiger partial charge in [-0.05, 0) is 26.3 Å². The molecular weight excluding hydrogens is 214 g/mol. The van der Waals surface area contributed by atoms with Crippen LogP contribution in [-0.4, -0.2) is 23.2 Å². The molecule has 0 aromatic carbocycles. The van der Waals surface area contributed by atoms with Gasteiger partial charge >= 0.3 is 5.97 Å². The lowest BCUT2D eigenvalue weighted by Gasteiger charge is -2.25. The molecule has 0 spiro atoms. The zero-order valence-electron chi connectivity index (χ0n) is 11.7. The molecule has 2 N–H and O–H groups in total. The molecule has 0 aliphatic carbocycles. The van der Waals surface area contributed by atoms with E-state index in [9.17, 15) is 9.90 Å². The third-order valence-electron chi connectivity index (χ3n) is 3.27. The van der Waals surface area contributed by atoms with E-state index in [1.165, 1.54) is 32.1 Å². The van der Waals surface area contributed by atoms with Crippen LogP contribution < -0.4 is 5.32 Å². The third kappa shape index (κ3) is 7.37. The number of nitrogens with one attached hydrogen (secondary N) is 1. The highest BCUT2D eigenvalue weighted by Crippen LogP contribution is 2.13. The molecule has 3 nitrogen and oxygen atoms in total. The Bertz CT molecular complexity index is 206. The van der Waals surface area contributed by atoms with Crippen LogP contribution in [0.4, 0.5) is 0 Å². The van der Waals surface area contributed by atoms with Crippen LogP contribution in [0.15, 0.2) is 0 Å². The van der Waals surface area contributed by atoms with Gasteiger partial charge in [-0.25, -0.2) is 0 Å². The molecule has 0 aromatic heterocycles. The minimum Gasteiger partial charge on any atom is -0.480 e. The lowest BCUT2D eigenvalue weighted by atomic mass is 9.96. The van der Waals surface area contributed by atoms with Crippen LogP contribution in [0.3, 0.4) is 0 Å². The van der Waals surface area contributed by atoms with Gasteiger partial charge in [0.05, 0.1) is 0 Å². The molecule has 0 bridgehead atoms. The van der Waals surface area contributed by atoms with Gasteiger partial charge in [-0.2, -0.15) is 0 Å². The van der Waals surface area contributed by atoms with Gasteiger partial charge in [0.2, 0.25) is 0 Å². The minimum atomic E-state index is -0.738. The Morgan fingerprint density at radius 3 is 2.18 bits per heavy atom. The largest absolute Gasteiger partial charge is 0.480 e. The second-order valence-electron chi connectivity index (χ2n) is 5.08. The summed E-state index contributed by atoms with van der Waals surface area (Å²) in [5, 5.41) is 12.4. The molecule has 0 aromatic rings. The first kappa shape index (κ1) is 16.4. The number of aliphatic carboxylic acids is 1. The van der Waals surface area contributed by atoms with E-state index in [2.05, 4.69) is 12.2 Å². The highest BCUT2D eigenvalue weighted by Gasteiger charge is 2.30. The molecule has 0 rings (SSSR count). The second kappa shape index (κ2) is 9.46. The van der Waals surface area contributed by atoms with Crippen LogP contribution in [0.5, 0.6) is 0 Å². The molecule has 0 saturated carbocycles. The fourth-order valence-corrected chi connectivity index (χ4v) is 2.04. The van der Waals surface area contributed by atoms with Crippen molar-refractivity contribution in [1.82, 2.24) is 5.32 Å². The number of carboxylic acid groups (broad SMARTS) is 1. The van der Waals surface area contributed by atoms with E-state index in [0.29, 0.717) is 6.42 Å². The van der Waals surface area contributed by atoms with Gasteiger partial charge in [0, 0.05) is 0 Å². The molecule has 0 saturated heterocycles. The summed E-state index contributed by atoms with van der Waals surface area (Å²) in [6.45, 7) is 6.84. The van der Waals surface area contributed by atoms with Crippen molar-refractivity contribution in [3.63, 3.8) is 0 Å². The number of carbonyl (C=O) groups is 1. The number of rotatable bonds is 11. The van der Waals surface area contributed by atoms with Gasteiger partial charge in [-0.15, -0.1) is 0 Å². The molecule has 0 radical (unpaired) electrons. The molecule has 0 aliphatic heterocycles. The van der Waals surface area contributed by atoms with Crippen molar-refractivity contribution in [2.75, 3.05) is 6.54 Å². The molecule has 0 amide bonds. The second-order valence-corrected chi connectivity index (χ2v) is 5.08. The monoisotopic (exact) mass is 243 g/mol. The maximum atomic E-state index is 11.2. The molecule has 0 aliphatic rings. The molecule has 102 valence electrons. The average Bonchev–Trinajstić information content (AvgIpc) is 2.28. The molecule has 1 unspecified atom stereocenters. The Hall–Kier alpha value is -0.570. The normalized spacial score (nSPS) is 14.5. The SMILES string of the molecule is CCCCCCCCNC(C)(CCC)C(=O)O. The molecule has 3 heteroatoms. The van der Waals surface area contributed by atoms with Crippen LogP contribution in [-0.2, 0) is 4.79 Å². The first-order valence-electron chi connectivity index (χ1n) is 7.05. The average molecular weight is 243 g/mol. The van der Waals surface area contributed by atoms with Crippen molar-refractivity contribution in [3.05, 3.63) is 0 Å². The summed E-state index contributed by atoms with van der Waals surface area (Å²) in [7, 11) is 0. The van der Waals surface area contributed by atoms with Crippen molar-refractivity contribution in [2.24, 2.45) is 0 Å². The van der Waals surface area contributed by atoms with E-state index < -0.39 is 11.5 Å². The van der Waals surface area contributed by atoms with Gasteiger partial charge in [-0.3, -0.25) is 4.79 Å². The fourth-order valence-electron chi connectivity index (χ4n) is 2.04. The van der Waals surface area contributed by atoms with E-state index in [1.54, 1.807) is 6.92 Å².